The first-order valence-electron chi connectivity index (χ1n) is 6.58. The van der Waals surface area contributed by atoms with Crippen molar-refractivity contribution >= 4 is 12.1 Å². The molecule has 0 spiro atoms. The topological polar surface area (TPSA) is 92.9 Å². The van der Waals surface area contributed by atoms with Gasteiger partial charge >= 0.3 is 12.1 Å². The maximum atomic E-state index is 12.0. The molecule has 0 aliphatic carbocycles. The predicted octanol–water partition coefficient (Wildman–Crippen LogP) is 1.29. The van der Waals surface area contributed by atoms with Gasteiger partial charge in [0.15, 0.2) is 0 Å². The average molecular weight is 272 g/mol. The van der Waals surface area contributed by atoms with Gasteiger partial charge in [-0.15, -0.1) is 0 Å². The molecule has 1 saturated heterocycles. The monoisotopic (exact) mass is 272 g/mol. The van der Waals surface area contributed by atoms with Gasteiger partial charge in [-0.25, -0.2) is 4.79 Å². The van der Waals surface area contributed by atoms with Gasteiger partial charge in [-0.1, -0.05) is 6.92 Å². The number of rotatable bonds is 2. The van der Waals surface area contributed by atoms with Gasteiger partial charge in [0.1, 0.15) is 5.60 Å². The van der Waals surface area contributed by atoms with E-state index in [1.54, 1.807) is 32.6 Å². The number of amides is 1. The fourth-order valence-electron chi connectivity index (χ4n) is 2.20. The van der Waals surface area contributed by atoms with Crippen LogP contribution in [0.5, 0.6) is 0 Å². The van der Waals surface area contributed by atoms with Gasteiger partial charge < -0.3 is 20.5 Å². The van der Waals surface area contributed by atoms with E-state index in [1.165, 1.54) is 0 Å². The number of piperidine rings is 1. The van der Waals surface area contributed by atoms with Crippen molar-refractivity contribution in [3.05, 3.63) is 0 Å². The highest BCUT2D eigenvalue weighted by atomic mass is 16.6. The summed E-state index contributed by atoms with van der Waals surface area (Å²) in [7, 11) is 0. The highest BCUT2D eigenvalue weighted by Gasteiger charge is 2.36. The molecule has 110 valence electrons. The number of aliphatic carboxylic acids is 1. The van der Waals surface area contributed by atoms with Gasteiger partial charge in [-0.2, -0.15) is 0 Å². The zero-order valence-electron chi connectivity index (χ0n) is 12.0. The second-order valence-electron chi connectivity index (χ2n) is 6.17. The molecule has 0 bridgehead atoms. The van der Waals surface area contributed by atoms with E-state index >= 15 is 0 Å². The molecule has 1 aliphatic heterocycles. The van der Waals surface area contributed by atoms with E-state index in [4.69, 9.17) is 15.6 Å². The Bertz CT molecular complexity index is 351. The predicted molar refractivity (Wildman–Crippen MR) is 70.7 cm³/mol. The third-order valence-electron chi connectivity index (χ3n) is 3.40. The standard InChI is InChI=1S/C13H24N2O4/c1-8(11(16)17)9-7-15(6-5-10(9)14)12(18)19-13(2,3)4/h8-10H,5-7,14H2,1-4H3,(H,16,17). The Balaban J connectivity index is 2.69. The summed E-state index contributed by atoms with van der Waals surface area (Å²) in [6.07, 6.45) is 0.198. The first-order chi connectivity index (χ1) is 8.61. The highest BCUT2D eigenvalue weighted by Crippen LogP contribution is 2.24. The molecule has 1 rings (SSSR count). The molecule has 0 aromatic heterocycles. The fraction of sp³-hybridized carbons (Fsp3) is 0.846. The lowest BCUT2D eigenvalue weighted by molar-refractivity contribution is -0.144. The molecule has 3 N–H and O–H groups in total. The van der Waals surface area contributed by atoms with E-state index in [9.17, 15) is 9.59 Å². The quantitative estimate of drug-likeness (QED) is 0.790. The molecule has 0 aromatic carbocycles. The number of carbonyl (C=O) groups excluding carboxylic acids is 1. The molecule has 1 heterocycles. The molecule has 3 unspecified atom stereocenters. The fourth-order valence-corrected chi connectivity index (χ4v) is 2.20. The molecule has 6 nitrogen and oxygen atoms in total. The SMILES string of the molecule is CC(C(=O)O)C1CN(C(=O)OC(C)(C)C)CCC1N. The molecule has 19 heavy (non-hydrogen) atoms. The number of carboxylic acids is 1. The van der Waals surface area contributed by atoms with E-state index in [0.29, 0.717) is 19.5 Å². The molecular formula is C13H24N2O4. The van der Waals surface area contributed by atoms with Crippen LogP contribution in [-0.4, -0.2) is 46.8 Å². The number of hydrogen-bond donors (Lipinski definition) is 2. The summed E-state index contributed by atoms with van der Waals surface area (Å²) in [4.78, 5) is 24.6. The maximum Gasteiger partial charge on any atom is 0.410 e. The maximum absolute atomic E-state index is 12.0. The van der Waals surface area contributed by atoms with Crippen LogP contribution in [-0.2, 0) is 9.53 Å². The van der Waals surface area contributed by atoms with Crippen molar-refractivity contribution in [2.75, 3.05) is 13.1 Å². The number of hydrogen-bond acceptors (Lipinski definition) is 4. The molecule has 3 atom stereocenters. The zero-order chi connectivity index (χ0) is 14.8. The summed E-state index contributed by atoms with van der Waals surface area (Å²) < 4.78 is 5.30. The van der Waals surface area contributed by atoms with Gasteiger partial charge in [-0.05, 0) is 27.2 Å². The Morgan fingerprint density at radius 3 is 2.47 bits per heavy atom. The Labute approximate surface area is 113 Å². The summed E-state index contributed by atoms with van der Waals surface area (Å²) in [5.74, 6) is -1.69. The molecule has 0 saturated carbocycles. The summed E-state index contributed by atoms with van der Waals surface area (Å²) in [5, 5.41) is 9.07. The van der Waals surface area contributed by atoms with E-state index in [-0.39, 0.29) is 12.0 Å². The van der Waals surface area contributed by atoms with Crippen LogP contribution in [0.25, 0.3) is 0 Å². The molecule has 1 amide bonds. The Morgan fingerprint density at radius 1 is 1.42 bits per heavy atom. The first-order valence-corrected chi connectivity index (χ1v) is 6.58. The van der Waals surface area contributed by atoms with E-state index in [2.05, 4.69) is 0 Å². The summed E-state index contributed by atoms with van der Waals surface area (Å²) in [6, 6.07) is -0.190. The van der Waals surface area contributed by atoms with Crippen LogP contribution >= 0.6 is 0 Å². The zero-order valence-corrected chi connectivity index (χ0v) is 12.0. The largest absolute Gasteiger partial charge is 0.481 e. The van der Waals surface area contributed by atoms with E-state index in [0.717, 1.165) is 0 Å². The molecule has 0 aromatic rings. The number of likely N-dealkylation sites (tertiary alicyclic amines) is 1. The number of ether oxygens (including phenoxy) is 1. The van der Waals surface area contributed by atoms with Crippen LogP contribution in [0.2, 0.25) is 0 Å². The molecule has 1 aliphatic rings. The number of carbonyl (C=O) groups is 2. The van der Waals surface area contributed by atoms with Crippen LogP contribution in [0.1, 0.15) is 34.1 Å². The Morgan fingerprint density at radius 2 is 2.00 bits per heavy atom. The van der Waals surface area contributed by atoms with Gasteiger partial charge in [0, 0.05) is 25.0 Å². The van der Waals surface area contributed by atoms with Gasteiger partial charge in [-0.3, -0.25) is 4.79 Å². The van der Waals surface area contributed by atoms with Crippen molar-refractivity contribution in [3.8, 4) is 0 Å². The molecule has 0 radical (unpaired) electrons. The smallest absolute Gasteiger partial charge is 0.410 e. The van der Waals surface area contributed by atoms with Gasteiger partial charge in [0.05, 0.1) is 5.92 Å². The number of carboxylic acid groups (broad SMARTS) is 1. The second-order valence-corrected chi connectivity index (χ2v) is 6.17. The Kier molecular flexibility index (Phi) is 4.79. The lowest BCUT2D eigenvalue weighted by atomic mass is 9.83. The summed E-state index contributed by atoms with van der Waals surface area (Å²) in [5.41, 5.74) is 5.41. The van der Waals surface area contributed by atoms with E-state index in [1.807, 2.05) is 0 Å². The van der Waals surface area contributed by atoms with E-state index < -0.39 is 23.6 Å². The molecule has 6 heteroatoms. The molecular weight excluding hydrogens is 248 g/mol. The van der Waals surface area contributed by atoms with Crippen molar-refractivity contribution in [1.29, 1.82) is 0 Å². The number of nitrogens with two attached hydrogens (primary N) is 1. The summed E-state index contributed by atoms with van der Waals surface area (Å²) in [6.45, 7) is 7.89. The van der Waals surface area contributed by atoms with Crippen molar-refractivity contribution in [1.82, 2.24) is 4.90 Å². The minimum absolute atomic E-state index is 0.190. The van der Waals surface area contributed by atoms with Gasteiger partial charge in [0.25, 0.3) is 0 Å². The van der Waals surface area contributed by atoms with Crippen molar-refractivity contribution in [2.45, 2.75) is 45.8 Å². The van der Waals surface area contributed by atoms with Crippen molar-refractivity contribution < 1.29 is 19.4 Å². The van der Waals surface area contributed by atoms with Crippen LogP contribution in [0.15, 0.2) is 0 Å². The first kappa shape index (κ1) is 15.8. The van der Waals surface area contributed by atoms with Crippen molar-refractivity contribution in [2.24, 2.45) is 17.6 Å². The minimum Gasteiger partial charge on any atom is -0.481 e. The number of nitrogens with zero attached hydrogens (tertiary/aromatic N) is 1. The third kappa shape index (κ3) is 4.38. The van der Waals surface area contributed by atoms with Crippen molar-refractivity contribution in [3.63, 3.8) is 0 Å². The normalized spacial score (nSPS) is 25.8. The average Bonchev–Trinajstić information content (AvgIpc) is 2.26. The molecule has 1 fully saturated rings. The second kappa shape index (κ2) is 5.77. The van der Waals surface area contributed by atoms with Crippen LogP contribution in [0, 0.1) is 11.8 Å². The minimum atomic E-state index is -0.883. The Hall–Kier alpha value is -1.30. The van der Waals surface area contributed by atoms with Crippen LogP contribution < -0.4 is 5.73 Å². The summed E-state index contributed by atoms with van der Waals surface area (Å²) >= 11 is 0. The lowest BCUT2D eigenvalue weighted by Crippen LogP contribution is -2.53. The van der Waals surface area contributed by atoms with Crippen LogP contribution in [0.3, 0.4) is 0 Å². The third-order valence-corrected chi connectivity index (χ3v) is 3.40. The highest BCUT2D eigenvalue weighted by molar-refractivity contribution is 5.71. The van der Waals surface area contributed by atoms with Crippen LogP contribution in [0.4, 0.5) is 4.79 Å². The lowest BCUT2D eigenvalue weighted by Gasteiger charge is -2.39. The van der Waals surface area contributed by atoms with Gasteiger partial charge in [0.2, 0.25) is 0 Å².